The Kier molecular flexibility index (Phi) is 4.35. The molecule has 2 heterocycles. The van der Waals surface area contributed by atoms with Crippen LogP contribution >= 0.6 is 0 Å². The predicted octanol–water partition coefficient (Wildman–Crippen LogP) is -2.71. The number of aromatic nitrogens is 2. The molecule has 0 spiro atoms. The molecule has 0 aromatic carbocycles. The van der Waals surface area contributed by atoms with E-state index in [0.717, 1.165) is 4.57 Å². The van der Waals surface area contributed by atoms with E-state index in [0.29, 0.717) is 0 Å². The number of nitrogens with zero attached hydrogens (tertiary/aromatic N) is 1. The van der Waals surface area contributed by atoms with Crippen molar-refractivity contribution in [3.8, 4) is 0 Å². The highest BCUT2D eigenvalue weighted by molar-refractivity contribution is 5.04. The van der Waals surface area contributed by atoms with E-state index in [9.17, 15) is 19.8 Å². The lowest BCUT2D eigenvalue weighted by Crippen LogP contribution is -2.39. The third-order valence-corrected chi connectivity index (χ3v) is 3.13. The highest BCUT2D eigenvalue weighted by atomic mass is 16.6. The molecule has 4 N–H and O–H groups in total. The van der Waals surface area contributed by atoms with Crippen LogP contribution in [0.2, 0.25) is 0 Å². The SMILES string of the molecule is COCc1cn([C@@H]2O[C@H](CO)[C@@H](O)[C@@H]2O)c(=O)[nH]c1=O. The lowest BCUT2D eigenvalue weighted by Gasteiger charge is -2.17. The zero-order chi connectivity index (χ0) is 14.9. The second-order valence-corrected chi connectivity index (χ2v) is 4.48. The van der Waals surface area contributed by atoms with E-state index in [1.54, 1.807) is 0 Å². The molecule has 2 rings (SSSR count). The molecule has 0 amide bonds. The molecule has 1 aliphatic rings. The summed E-state index contributed by atoms with van der Waals surface area (Å²) in [5.41, 5.74) is -1.21. The topological polar surface area (TPSA) is 134 Å². The van der Waals surface area contributed by atoms with Gasteiger partial charge in [-0.25, -0.2) is 4.79 Å². The second-order valence-electron chi connectivity index (χ2n) is 4.48. The van der Waals surface area contributed by atoms with E-state index in [1.807, 2.05) is 0 Å². The average Bonchev–Trinajstić information content (AvgIpc) is 2.70. The molecule has 0 bridgehead atoms. The molecule has 1 saturated heterocycles. The summed E-state index contributed by atoms with van der Waals surface area (Å²) in [6.07, 6.45) is -3.71. The summed E-state index contributed by atoms with van der Waals surface area (Å²) in [5, 5.41) is 28.5. The van der Waals surface area contributed by atoms with Crippen LogP contribution < -0.4 is 11.2 Å². The molecule has 1 fully saturated rings. The Bertz CT molecular complexity index is 581. The molecule has 9 nitrogen and oxygen atoms in total. The third kappa shape index (κ3) is 2.53. The summed E-state index contributed by atoms with van der Waals surface area (Å²) in [7, 11) is 1.39. The van der Waals surface area contributed by atoms with E-state index in [-0.39, 0.29) is 12.2 Å². The van der Waals surface area contributed by atoms with Crippen molar-refractivity contribution in [1.29, 1.82) is 0 Å². The molecule has 112 valence electrons. The number of ether oxygens (including phenoxy) is 2. The van der Waals surface area contributed by atoms with Crippen molar-refractivity contribution in [3.05, 3.63) is 32.6 Å². The molecule has 1 aromatic heterocycles. The fraction of sp³-hybridized carbons (Fsp3) is 0.636. The van der Waals surface area contributed by atoms with Gasteiger partial charge in [-0.05, 0) is 0 Å². The first-order valence-corrected chi connectivity index (χ1v) is 5.95. The number of hydrogen-bond acceptors (Lipinski definition) is 7. The maximum atomic E-state index is 11.8. The van der Waals surface area contributed by atoms with Gasteiger partial charge in [0.2, 0.25) is 0 Å². The van der Waals surface area contributed by atoms with Gasteiger partial charge in [0, 0.05) is 13.3 Å². The van der Waals surface area contributed by atoms with Crippen LogP contribution in [0.25, 0.3) is 0 Å². The second kappa shape index (κ2) is 5.85. The summed E-state index contributed by atoms with van der Waals surface area (Å²) in [5.74, 6) is 0. The molecule has 20 heavy (non-hydrogen) atoms. The van der Waals surface area contributed by atoms with E-state index in [2.05, 4.69) is 4.98 Å². The van der Waals surface area contributed by atoms with Crippen LogP contribution in [0.15, 0.2) is 15.8 Å². The number of rotatable bonds is 4. The maximum Gasteiger partial charge on any atom is 0.330 e. The molecule has 4 atom stereocenters. The third-order valence-electron chi connectivity index (χ3n) is 3.13. The Hall–Kier alpha value is -1.52. The van der Waals surface area contributed by atoms with Gasteiger partial charge in [-0.15, -0.1) is 0 Å². The summed E-state index contributed by atoms with van der Waals surface area (Å²) >= 11 is 0. The number of aliphatic hydroxyl groups excluding tert-OH is 3. The molecular weight excluding hydrogens is 272 g/mol. The van der Waals surface area contributed by atoms with Crippen LogP contribution in [0.5, 0.6) is 0 Å². The van der Waals surface area contributed by atoms with Crippen molar-refractivity contribution >= 4 is 0 Å². The maximum absolute atomic E-state index is 11.8. The van der Waals surface area contributed by atoms with E-state index >= 15 is 0 Å². The van der Waals surface area contributed by atoms with Crippen molar-refractivity contribution in [2.45, 2.75) is 31.1 Å². The van der Waals surface area contributed by atoms with E-state index < -0.39 is 42.4 Å². The number of aliphatic hydroxyl groups is 3. The van der Waals surface area contributed by atoms with Crippen molar-refractivity contribution < 1.29 is 24.8 Å². The van der Waals surface area contributed by atoms with Crippen molar-refractivity contribution in [2.24, 2.45) is 0 Å². The number of H-pyrrole nitrogens is 1. The quantitative estimate of drug-likeness (QED) is 0.473. The Morgan fingerprint density at radius 3 is 2.65 bits per heavy atom. The number of methoxy groups -OCH3 is 1. The van der Waals surface area contributed by atoms with Gasteiger partial charge in [-0.1, -0.05) is 0 Å². The van der Waals surface area contributed by atoms with Crippen molar-refractivity contribution in [1.82, 2.24) is 9.55 Å². The summed E-state index contributed by atoms with van der Waals surface area (Å²) in [4.78, 5) is 25.4. The van der Waals surface area contributed by atoms with Crippen LogP contribution in [-0.2, 0) is 16.1 Å². The molecule has 1 aliphatic heterocycles. The highest BCUT2D eigenvalue weighted by Gasteiger charge is 2.43. The zero-order valence-corrected chi connectivity index (χ0v) is 10.7. The molecule has 0 unspecified atom stereocenters. The van der Waals surface area contributed by atoms with E-state index in [4.69, 9.17) is 14.6 Å². The fourth-order valence-electron chi connectivity index (χ4n) is 2.08. The minimum Gasteiger partial charge on any atom is -0.394 e. The Morgan fingerprint density at radius 2 is 2.10 bits per heavy atom. The van der Waals surface area contributed by atoms with Gasteiger partial charge in [-0.3, -0.25) is 14.3 Å². The smallest absolute Gasteiger partial charge is 0.330 e. The summed E-state index contributed by atoms with van der Waals surface area (Å²) in [6.45, 7) is -0.526. The van der Waals surface area contributed by atoms with Crippen molar-refractivity contribution in [3.63, 3.8) is 0 Å². The first-order chi connectivity index (χ1) is 9.49. The van der Waals surface area contributed by atoms with Crippen LogP contribution in [-0.4, -0.2) is 56.9 Å². The molecular formula is C11H16N2O7. The number of nitrogens with one attached hydrogen (secondary N) is 1. The molecule has 9 heteroatoms. The Balaban J connectivity index is 2.40. The van der Waals surface area contributed by atoms with Gasteiger partial charge in [0.1, 0.15) is 18.3 Å². The van der Waals surface area contributed by atoms with Crippen molar-refractivity contribution in [2.75, 3.05) is 13.7 Å². The highest BCUT2D eigenvalue weighted by Crippen LogP contribution is 2.27. The largest absolute Gasteiger partial charge is 0.394 e. The molecule has 1 aromatic rings. The van der Waals surface area contributed by atoms with Crippen LogP contribution in [0, 0.1) is 0 Å². The fourth-order valence-corrected chi connectivity index (χ4v) is 2.08. The lowest BCUT2D eigenvalue weighted by atomic mass is 10.1. The molecule has 0 aliphatic carbocycles. The predicted molar refractivity (Wildman–Crippen MR) is 65.0 cm³/mol. The number of hydrogen-bond donors (Lipinski definition) is 4. The average molecular weight is 288 g/mol. The van der Waals surface area contributed by atoms with Crippen LogP contribution in [0.4, 0.5) is 0 Å². The summed E-state index contributed by atoms with van der Waals surface area (Å²) < 4.78 is 11.0. The molecule has 0 radical (unpaired) electrons. The Labute approximate surface area is 113 Å². The van der Waals surface area contributed by atoms with Gasteiger partial charge in [0.05, 0.1) is 18.8 Å². The molecule has 0 saturated carbocycles. The van der Waals surface area contributed by atoms with Gasteiger partial charge >= 0.3 is 5.69 Å². The monoisotopic (exact) mass is 288 g/mol. The number of aromatic amines is 1. The first-order valence-electron chi connectivity index (χ1n) is 5.95. The minimum atomic E-state index is -1.40. The minimum absolute atomic E-state index is 0.0234. The standard InChI is InChI=1S/C11H16N2O7/c1-19-4-5-2-13(11(18)12-9(5)17)10-8(16)7(15)6(3-14)20-10/h2,6-8,10,14-16H,3-4H2,1H3,(H,12,17,18)/t6-,7-,8+,10-/m1/s1. The van der Waals surface area contributed by atoms with Gasteiger partial charge in [-0.2, -0.15) is 0 Å². The Morgan fingerprint density at radius 1 is 1.40 bits per heavy atom. The van der Waals surface area contributed by atoms with Crippen LogP contribution in [0.3, 0.4) is 0 Å². The summed E-state index contributed by atoms with van der Waals surface area (Å²) in [6, 6.07) is 0. The van der Waals surface area contributed by atoms with E-state index in [1.165, 1.54) is 13.3 Å². The van der Waals surface area contributed by atoms with Gasteiger partial charge in [0.15, 0.2) is 6.23 Å². The normalized spacial score (nSPS) is 29.8. The van der Waals surface area contributed by atoms with Gasteiger partial charge in [0.25, 0.3) is 5.56 Å². The van der Waals surface area contributed by atoms with Gasteiger partial charge < -0.3 is 24.8 Å². The first kappa shape index (κ1) is 14.9. The van der Waals surface area contributed by atoms with Crippen LogP contribution in [0.1, 0.15) is 11.8 Å². The zero-order valence-electron chi connectivity index (χ0n) is 10.7. The lowest BCUT2D eigenvalue weighted by molar-refractivity contribution is -0.0552.